The van der Waals surface area contributed by atoms with Crippen LogP contribution in [0, 0.1) is 17.1 Å². The number of esters is 1. The van der Waals surface area contributed by atoms with Crippen LogP contribution in [-0.2, 0) is 22.7 Å². The second-order valence-electron chi connectivity index (χ2n) is 4.09. The number of nitrogens with two attached hydrogens (primary N) is 1. The van der Waals surface area contributed by atoms with Crippen LogP contribution in [0.2, 0.25) is 0 Å². The normalized spacial score (nSPS) is 10.0. The molecule has 6 nitrogen and oxygen atoms in total. The number of anilines is 1. The van der Waals surface area contributed by atoms with Crippen molar-refractivity contribution in [1.82, 2.24) is 9.78 Å². The van der Waals surface area contributed by atoms with E-state index >= 15 is 0 Å². The fourth-order valence-corrected chi connectivity index (χ4v) is 1.61. The lowest BCUT2D eigenvalue weighted by Crippen LogP contribution is -2.14. The van der Waals surface area contributed by atoms with Crippen LogP contribution in [0.25, 0.3) is 0 Å². The highest BCUT2D eigenvalue weighted by atomic mass is 19.1. The summed E-state index contributed by atoms with van der Waals surface area (Å²) in [5, 5.41) is 12.6. The van der Waals surface area contributed by atoms with Gasteiger partial charge in [-0.1, -0.05) is 0 Å². The van der Waals surface area contributed by atoms with Crippen molar-refractivity contribution in [3.05, 3.63) is 47.5 Å². The summed E-state index contributed by atoms with van der Waals surface area (Å²) in [5.74, 6) is -1.08. The van der Waals surface area contributed by atoms with Gasteiger partial charge in [0.2, 0.25) is 0 Å². The largest absolute Gasteiger partial charge is 0.459 e. The molecule has 7 heteroatoms. The Morgan fingerprint density at radius 3 is 2.95 bits per heavy atom. The number of nitrogen functional groups attached to an aromatic ring is 1. The average Bonchev–Trinajstić information content (AvgIpc) is 2.81. The topological polar surface area (TPSA) is 93.9 Å². The van der Waals surface area contributed by atoms with Crippen LogP contribution in [0.1, 0.15) is 11.1 Å². The molecule has 0 unspecified atom stereocenters. The van der Waals surface area contributed by atoms with E-state index in [0.717, 1.165) is 6.07 Å². The van der Waals surface area contributed by atoms with Gasteiger partial charge in [-0.05, 0) is 23.8 Å². The van der Waals surface area contributed by atoms with Crippen molar-refractivity contribution in [3.8, 4) is 6.07 Å². The van der Waals surface area contributed by atoms with E-state index in [1.54, 1.807) is 0 Å². The van der Waals surface area contributed by atoms with Crippen LogP contribution in [-0.4, -0.2) is 15.7 Å². The van der Waals surface area contributed by atoms with Crippen molar-refractivity contribution in [1.29, 1.82) is 5.26 Å². The SMILES string of the molecule is N#Cc1cc(F)cc(COC(=O)Cn2cc(N)cn2)c1. The smallest absolute Gasteiger partial charge is 0.328 e. The molecule has 0 aliphatic heterocycles. The predicted molar refractivity (Wildman–Crippen MR) is 67.6 cm³/mol. The number of halogens is 1. The van der Waals surface area contributed by atoms with Gasteiger partial charge in [-0.2, -0.15) is 10.4 Å². The molecule has 0 amide bonds. The molecule has 0 aliphatic rings. The molecule has 0 atom stereocenters. The Morgan fingerprint density at radius 2 is 2.30 bits per heavy atom. The zero-order chi connectivity index (χ0) is 14.5. The molecule has 2 N–H and O–H groups in total. The summed E-state index contributed by atoms with van der Waals surface area (Å²) in [6.07, 6.45) is 2.91. The average molecular weight is 274 g/mol. The monoisotopic (exact) mass is 274 g/mol. The third-order valence-corrected chi connectivity index (χ3v) is 2.43. The Hall–Kier alpha value is -2.88. The second kappa shape index (κ2) is 5.84. The molecule has 0 saturated heterocycles. The molecule has 0 bridgehead atoms. The van der Waals surface area contributed by atoms with Crippen LogP contribution in [0.5, 0.6) is 0 Å². The first-order valence-electron chi connectivity index (χ1n) is 5.70. The molecule has 20 heavy (non-hydrogen) atoms. The van der Waals surface area contributed by atoms with Gasteiger partial charge in [-0.25, -0.2) is 4.39 Å². The van der Waals surface area contributed by atoms with Gasteiger partial charge in [0.05, 0.1) is 23.5 Å². The molecule has 1 aromatic carbocycles. The minimum absolute atomic E-state index is 0.0857. The summed E-state index contributed by atoms with van der Waals surface area (Å²) >= 11 is 0. The maximum Gasteiger partial charge on any atom is 0.328 e. The summed E-state index contributed by atoms with van der Waals surface area (Å²) < 4.78 is 19.5. The molecular weight excluding hydrogens is 263 g/mol. The van der Waals surface area contributed by atoms with E-state index in [1.807, 2.05) is 6.07 Å². The van der Waals surface area contributed by atoms with Gasteiger partial charge in [-0.15, -0.1) is 0 Å². The predicted octanol–water partition coefficient (Wildman–Crippen LogP) is 1.22. The van der Waals surface area contributed by atoms with Crippen LogP contribution in [0.15, 0.2) is 30.6 Å². The number of hydrogen-bond donors (Lipinski definition) is 1. The van der Waals surface area contributed by atoms with Gasteiger partial charge >= 0.3 is 5.97 Å². The van der Waals surface area contributed by atoms with E-state index < -0.39 is 11.8 Å². The van der Waals surface area contributed by atoms with Gasteiger partial charge in [0, 0.05) is 6.20 Å². The van der Waals surface area contributed by atoms with Crippen LogP contribution in [0.4, 0.5) is 10.1 Å². The van der Waals surface area contributed by atoms with E-state index in [-0.39, 0.29) is 18.7 Å². The molecule has 1 heterocycles. The summed E-state index contributed by atoms with van der Waals surface area (Å²) in [7, 11) is 0. The van der Waals surface area contributed by atoms with Gasteiger partial charge in [0.25, 0.3) is 0 Å². The minimum atomic E-state index is -0.546. The van der Waals surface area contributed by atoms with E-state index in [9.17, 15) is 9.18 Å². The third-order valence-electron chi connectivity index (χ3n) is 2.43. The van der Waals surface area contributed by atoms with Crippen molar-refractivity contribution in [2.24, 2.45) is 0 Å². The third kappa shape index (κ3) is 3.55. The fraction of sp³-hybridized carbons (Fsp3) is 0.154. The van der Waals surface area contributed by atoms with Crippen molar-refractivity contribution in [3.63, 3.8) is 0 Å². The highest BCUT2D eigenvalue weighted by molar-refractivity contribution is 5.69. The molecule has 2 rings (SSSR count). The molecule has 0 fully saturated rings. The number of nitrogens with zero attached hydrogens (tertiary/aromatic N) is 3. The first-order valence-corrected chi connectivity index (χ1v) is 5.70. The number of hydrogen-bond acceptors (Lipinski definition) is 5. The summed E-state index contributed by atoms with van der Waals surface area (Å²) in [6.45, 7) is -0.195. The molecule has 0 aliphatic carbocycles. The maximum absolute atomic E-state index is 13.2. The van der Waals surface area contributed by atoms with E-state index in [1.165, 1.54) is 29.2 Å². The van der Waals surface area contributed by atoms with Crippen LogP contribution < -0.4 is 5.73 Å². The number of carbonyl (C=O) groups excluding carboxylic acids is 1. The molecule has 102 valence electrons. The summed E-state index contributed by atoms with van der Waals surface area (Å²) in [5.41, 5.74) is 6.49. The quantitative estimate of drug-likeness (QED) is 0.846. The van der Waals surface area contributed by atoms with Crippen LogP contribution >= 0.6 is 0 Å². The number of rotatable bonds is 4. The van der Waals surface area contributed by atoms with Gasteiger partial charge in [-0.3, -0.25) is 9.48 Å². The van der Waals surface area contributed by atoms with Crippen molar-refractivity contribution in [2.75, 3.05) is 5.73 Å². The van der Waals surface area contributed by atoms with Gasteiger partial charge in [0.1, 0.15) is 19.0 Å². The Labute approximate surface area is 114 Å². The number of carbonyl (C=O) groups is 1. The van der Waals surface area contributed by atoms with E-state index in [0.29, 0.717) is 11.3 Å². The number of nitriles is 1. The molecule has 1 aromatic heterocycles. The Balaban J connectivity index is 1.93. The van der Waals surface area contributed by atoms with Gasteiger partial charge < -0.3 is 10.5 Å². The first kappa shape index (κ1) is 13.5. The summed E-state index contributed by atoms with van der Waals surface area (Å²) in [6, 6.07) is 5.61. The minimum Gasteiger partial charge on any atom is -0.459 e. The number of ether oxygens (including phenoxy) is 1. The lowest BCUT2D eigenvalue weighted by Gasteiger charge is -2.05. The van der Waals surface area contributed by atoms with Crippen molar-refractivity contribution >= 4 is 11.7 Å². The van der Waals surface area contributed by atoms with Crippen LogP contribution in [0.3, 0.4) is 0 Å². The second-order valence-corrected chi connectivity index (χ2v) is 4.09. The lowest BCUT2D eigenvalue weighted by atomic mass is 10.1. The zero-order valence-corrected chi connectivity index (χ0v) is 10.4. The number of benzene rings is 1. The molecular formula is C13H11FN4O2. The highest BCUT2D eigenvalue weighted by Crippen LogP contribution is 2.10. The van der Waals surface area contributed by atoms with Crippen molar-refractivity contribution < 1.29 is 13.9 Å². The zero-order valence-electron chi connectivity index (χ0n) is 10.4. The molecule has 0 saturated carbocycles. The highest BCUT2D eigenvalue weighted by Gasteiger charge is 2.07. The number of aromatic nitrogens is 2. The Kier molecular flexibility index (Phi) is 3.96. The molecule has 0 spiro atoms. The molecule has 2 aromatic rings. The first-order chi connectivity index (χ1) is 9.56. The summed E-state index contributed by atoms with van der Waals surface area (Å²) in [4.78, 5) is 11.6. The Morgan fingerprint density at radius 1 is 1.50 bits per heavy atom. The Bertz CT molecular complexity index is 675. The standard InChI is InChI=1S/C13H11FN4O2/c14-11-2-9(4-15)1-10(3-11)8-20-13(19)7-18-6-12(16)5-17-18/h1-3,5-6H,7-8,16H2. The molecule has 0 radical (unpaired) electrons. The van der Waals surface area contributed by atoms with Crippen molar-refractivity contribution in [2.45, 2.75) is 13.2 Å². The van der Waals surface area contributed by atoms with E-state index in [2.05, 4.69) is 5.10 Å². The van der Waals surface area contributed by atoms with Gasteiger partial charge in [0.15, 0.2) is 0 Å². The maximum atomic E-state index is 13.2. The van der Waals surface area contributed by atoms with E-state index in [4.69, 9.17) is 15.7 Å². The fourth-order valence-electron chi connectivity index (χ4n) is 1.61. The lowest BCUT2D eigenvalue weighted by molar-refractivity contribution is -0.145.